The first-order valence-corrected chi connectivity index (χ1v) is 8.09. The van der Waals surface area contributed by atoms with E-state index in [2.05, 4.69) is 5.32 Å². The van der Waals surface area contributed by atoms with Gasteiger partial charge < -0.3 is 24.1 Å². The van der Waals surface area contributed by atoms with E-state index in [1.165, 1.54) is 0 Å². The topological polar surface area (TPSA) is 63.9 Å². The average molecular weight is 330 g/mol. The molecule has 1 aromatic heterocycles. The number of urea groups is 1. The van der Waals surface area contributed by atoms with Crippen LogP contribution in [0, 0.1) is 0 Å². The lowest BCUT2D eigenvalue weighted by molar-refractivity contribution is 0.0803. The van der Waals surface area contributed by atoms with Crippen molar-refractivity contribution in [2.24, 2.45) is 0 Å². The van der Waals surface area contributed by atoms with Crippen molar-refractivity contribution in [2.75, 3.05) is 25.6 Å². The van der Waals surface area contributed by atoms with E-state index in [1.807, 2.05) is 36.4 Å². The third-order valence-corrected chi connectivity index (χ3v) is 4.01. The maximum atomic E-state index is 12.8. The molecule has 0 spiro atoms. The summed E-state index contributed by atoms with van der Waals surface area (Å²) in [6.45, 7) is 1.68. The normalized spacial score (nSPS) is 16.8. The van der Waals surface area contributed by atoms with E-state index in [1.54, 1.807) is 18.3 Å². The number of carbonyl (C=O) groups excluding carboxylic acids is 1. The number of carbonyl (C=O) groups is 1. The number of furan rings is 1. The Balaban J connectivity index is 1.71. The van der Waals surface area contributed by atoms with Crippen molar-refractivity contribution in [1.29, 1.82) is 0 Å². The molecule has 2 aromatic rings. The molecule has 1 aliphatic heterocycles. The predicted octanol–water partition coefficient (Wildman–Crippen LogP) is 3.50. The van der Waals surface area contributed by atoms with Crippen molar-refractivity contribution < 1.29 is 18.7 Å². The summed E-state index contributed by atoms with van der Waals surface area (Å²) >= 11 is 0. The Labute approximate surface area is 141 Å². The van der Waals surface area contributed by atoms with Crippen molar-refractivity contribution in [1.82, 2.24) is 4.90 Å². The lowest BCUT2D eigenvalue weighted by Gasteiger charge is -2.25. The van der Waals surface area contributed by atoms with Gasteiger partial charge in [-0.25, -0.2) is 4.79 Å². The molecule has 2 heterocycles. The molecule has 1 aromatic carbocycles. The molecule has 1 saturated heterocycles. The molecule has 2 amide bonds. The van der Waals surface area contributed by atoms with E-state index < -0.39 is 0 Å². The molecule has 128 valence electrons. The van der Waals surface area contributed by atoms with Crippen LogP contribution in [0.25, 0.3) is 0 Å². The van der Waals surface area contributed by atoms with Crippen LogP contribution in [0.5, 0.6) is 5.75 Å². The number of methoxy groups -OCH3 is 1. The summed E-state index contributed by atoms with van der Waals surface area (Å²) < 4.78 is 16.3. The summed E-state index contributed by atoms with van der Waals surface area (Å²) in [6, 6.07) is 10.8. The minimum atomic E-state index is -0.202. The zero-order valence-corrected chi connectivity index (χ0v) is 13.7. The molecule has 0 aliphatic carbocycles. The maximum absolute atomic E-state index is 12.8. The summed E-state index contributed by atoms with van der Waals surface area (Å²) in [4.78, 5) is 14.5. The fourth-order valence-electron chi connectivity index (χ4n) is 2.79. The van der Waals surface area contributed by atoms with Crippen LogP contribution in [-0.4, -0.2) is 37.3 Å². The second kappa shape index (κ2) is 7.88. The lowest BCUT2D eigenvalue weighted by Crippen LogP contribution is -2.39. The number of hydrogen-bond acceptors (Lipinski definition) is 4. The fraction of sp³-hybridized carbons (Fsp3) is 0.389. The van der Waals surface area contributed by atoms with Gasteiger partial charge in [0.1, 0.15) is 11.5 Å². The average Bonchev–Trinajstić information content (AvgIpc) is 3.28. The van der Waals surface area contributed by atoms with E-state index in [0.717, 1.165) is 25.2 Å². The first-order chi connectivity index (χ1) is 11.8. The van der Waals surface area contributed by atoms with Gasteiger partial charge in [-0.2, -0.15) is 0 Å². The third-order valence-electron chi connectivity index (χ3n) is 4.01. The van der Waals surface area contributed by atoms with Crippen molar-refractivity contribution in [3.63, 3.8) is 0 Å². The van der Waals surface area contributed by atoms with Crippen LogP contribution in [0.2, 0.25) is 0 Å². The SMILES string of the molecule is COc1ccccc1NC(=O)N(Cc1ccco1)CC1CCCO1. The van der Waals surface area contributed by atoms with Gasteiger partial charge in [0.15, 0.2) is 0 Å². The number of rotatable bonds is 6. The fourth-order valence-corrected chi connectivity index (χ4v) is 2.79. The first kappa shape index (κ1) is 16.4. The molecule has 1 N–H and O–H groups in total. The highest BCUT2D eigenvalue weighted by Gasteiger charge is 2.24. The highest BCUT2D eigenvalue weighted by atomic mass is 16.5. The Kier molecular flexibility index (Phi) is 5.38. The summed E-state index contributed by atoms with van der Waals surface area (Å²) in [7, 11) is 1.58. The van der Waals surface area contributed by atoms with Gasteiger partial charge in [0.25, 0.3) is 0 Å². The van der Waals surface area contributed by atoms with Crippen LogP contribution in [0.4, 0.5) is 10.5 Å². The third kappa shape index (κ3) is 4.08. The van der Waals surface area contributed by atoms with E-state index in [9.17, 15) is 4.79 Å². The molecule has 0 bridgehead atoms. The number of anilines is 1. The lowest BCUT2D eigenvalue weighted by atomic mass is 10.2. The Morgan fingerprint density at radius 3 is 2.92 bits per heavy atom. The van der Waals surface area contributed by atoms with Gasteiger partial charge >= 0.3 is 6.03 Å². The molecule has 24 heavy (non-hydrogen) atoms. The highest BCUT2D eigenvalue weighted by molar-refractivity contribution is 5.91. The second-order valence-electron chi connectivity index (χ2n) is 5.73. The van der Waals surface area contributed by atoms with Gasteiger partial charge in [0, 0.05) is 13.2 Å². The Hall–Kier alpha value is -2.47. The molecular weight excluding hydrogens is 308 g/mol. The largest absolute Gasteiger partial charge is 0.495 e. The molecule has 1 unspecified atom stereocenters. The molecule has 6 nitrogen and oxygen atoms in total. The number of ether oxygens (including phenoxy) is 2. The molecule has 6 heteroatoms. The van der Waals surface area contributed by atoms with Crippen LogP contribution in [0.1, 0.15) is 18.6 Å². The van der Waals surface area contributed by atoms with E-state index in [4.69, 9.17) is 13.9 Å². The zero-order chi connectivity index (χ0) is 16.8. The predicted molar refractivity (Wildman–Crippen MR) is 90.1 cm³/mol. The molecule has 0 radical (unpaired) electrons. The minimum absolute atomic E-state index is 0.0726. The van der Waals surface area contributed by atoms with E-state index >= 15 is 0 Å². The van der Waals surface area contributed by atoms with Gasteiger partial charge in [-0.1, -0.05) is 12.1 Å². The molecule has 1 aliphatic rings. The smallest absolute Gasteiger partial charge is 0.322 e. The van der Waals surface area contributed by atoms with Crippen molar-refractivity contribution in [3.8, 4) is 5.75 Å². The highest BCUT2D eigenvalue weighted by Crippen LogP contribution is 2.24. The second-order valence-corrected chi connectivity index (χ2v) is 5.73. The molecule has 0 saturated carbocycles. The van der Waals surface area contributed by atoms with Crippen LogP contribution in [-0.2, 0) is 11.3 Å². The quantitative estimate of drug-likeness (QED) is 0.880. The molecule has 1 atom stereocenters. The zero-order valence-electron chi connectivity index (χ0n) is 13.7. The van der Waals surface area contributed by atoms with Gasteiger partial charge in [-0.05, 0) is 37.1 Å². The Morgan fingerprint density at radius 2 is 2.21 bits per heavy atom. The number of benzene rings is 1. The van der Waals surface area contributed by atoms with E-state index in [0.29, 0.717) is 24.5 Å². The standard InChI is InChI=1S/C18H22N2O4/c1-22-17-9-3-2-8-16(17)19-18(21)20(12-14-6-4-10-23-14)13-15-7-5-11-24-15/h2-4,6,8-10,15H,5,7,11-13H2,1H3,(H,19,21). The minimum Gasteiger partial charge on any atom is -0.495 e. The van der Waals surface area contributed by atoms with Crippen LogP contribution >= 0.6 is 0 Å². The number of amides is 2. The monoisotopic (exact) mass is 330 g/mol. The van der Waals surface area contributed by atoms with Crippen LogP contribution in [0.3, 0.4) is 0 Å². The van der Waals surface area contributed by atoms with Crippen molar-refractivity contribution >= 4 is 11.7 Å². The Morgan fingerprint density at radius 1 is 1.33 bits per heavy atom. The number of nitrogens with zero attached hydrogens (tertiary/aromatic N) is 1. The van der Waals surface area contributed by atoms with Gasteiger partial charge in [-0.15, -0.1) is 0 Å². The van der Waals surface area contributed by atoms with Gasteiger partial charge in [0.2, 0.25) is 0 Å². The van der Waals surface area contributed by atoms with Gasteiger partial charge in [-0.3, -0.25) is 0 Å². The number of nitrogens with one attached hydrogen (secondary N) is 1. The summed E-state index contributed by atoms with van der Waals surface area (Å²) in [6.07, 6.45) is 3.69. The number of hydrogen-bond donors (Lipinski definition) is 1. The maximum Gasteiger partial charge on any atom is 0.322 e. The van der Waals surface area contributed by atoms with Crippen LogP contribution in [0.15, 0.2) is 47.1 Å². The van der Waals surface area contributed by atoms with E-state index in [-0.39, 0.29) is 12.1 Å². The molecule has 3 rings (SSSR count). The summed E-state index contributed by atoms with van der Waals surface area (Å²) in [5.41, 5.74) is 0.641. The first-order valence-electron chi connectivity index (χ1n) is 8.09. The van der Waals surface area contributed by atoms with Gasteiger partial charge in [0.05, 0.1) is 31.7 Å². The summed E-state index contributed by atoms with van der Waals surface area (Å²) in [5.74, 6) is 1.36. The summed E-state index contributed by atoms with van der Waals surface area (Å²) in [5, 5.41) is 2.91. The molecule has 1 fully saturated rings. The molecular formula is C18H22N2O4. The Bertz CT molecular complexity index is 651. The van der Waals surface area contributed by atoms with Crippen LogP contribution < -0.4 is 10.1 Å². The number of para-hydroxylation sites is 2. The van der Waals surface area contributed by atoms with Crippen molar-refractivity contribution in [3.05, 3.63) is 48.4 Å². The van der Waals surface area contributed by atoms with Crippen molar-refractivity contribution in [2.45, 2.75) is 25.5 Å².